The Morgan fingerprint density at radius 1 is 1.45 bits per heavy atom. The molecule has 106 valence electrons. The van der Waals surface area contributed by atoms with Gasteiger partial charge in [-0.05, 0) is 25.0 Å². The van der Waals surface area contributed by atoms with Crippen LogP contribution in [0.3, 0.4) is 0 Å². The zero-order chi connectivity index (χ0) is 14.2. The molecule has 1 atom stereocenters. The second-order valence-electron chi connectivity index (χ2n) is 4.60. The summed E-state index contributed by atoms with van der Waals surface area (Å²) >= 11 is 0. The minimum Gasteiger partial charge on any atom is -0.337 e. The lowest BCUT2D eigenvalue weighted by atomic mass is 10.2. The summed E-state index contributed by atoms with van der Waals surface area (Å²) in [7, 11) is -3.28. The first-order chi connectivity index (χ1) is 9.55. The third-order valence-corrected chi connectivity index (χ3v) is 4.45. The molecule has 2 aromatic rings. The fraction of sp³-hybridized carbons (Fsp3) is 0.455. The van der Waals surface area contributed by atoms with E-state index in [9.17, 15) is 8.42 Å². The van der Waals surface area contributed by atoms with Gasteiger partial charge < -0.3 is 4.52 Å². The third kappa shape index (κ3) is 2.41. The Hall–Kier alpha value is -1.87. The smallest absolute Gasteiger partial charge is 0.245 e. The number of rotatable bonds is 3. The minimum absolute atomic E-state index is 0.300. The van der Waals surface area contributed by atoms with Crippen molar-refractivity contribution in [2.24, 2.45) is 0 Å². The standard InChI is InChI=1S/C11H13N5O3S/c1-20(17,18)16-7-3-5-9(16)11-13-10(15-19-11)8-4-2-6-12-14-8/h2,4,6,9H,3,5,7H2,1H3/t9-/m1/s1. The number of hydrogen-bond acceptors (Lipinski definition) is 7. The van der Waals surface area contributed by atoms with Crippen molar-refractivity contribution in [1.29, 1.82) is 0 Å². The maximum Gasteiger partial charge on any atom is 0.245 e. The summed E-state index contributed by atoms with van der Waals surface area (Å²) < 4.78 is 30.0. The molecule has 0 saturated carbocycles. The molecule has 3 heterocycles. The van der Waals surface area contributed by atoms with Gasteiger partial charge >= 0.3 is 0 Å². The van der Waals surface area contributed by atoms with Crippen molar-refractivity contribution in [3.05, 3.63) is 24.2 Å². The van der Waals surface area contributed by atoms with Crippen LogP contribution in [0.5, 0.6) is 0 Å². The van der Waals surface area contributed by atoms with E-state index >= 15 is 0 Å². The van der Waals surface area contributed by atoms with Gasteiger partial charge in [0.1, 0.15) is 11.7 Å². The molecule has 20 heavy (non-hydrogen) atoms. The average molecular weight is 295 g/mol. The molecule has 1 aliphatic rings. The molecule has 0 radical (unpaired) electrons. The van der Waals surface area contributed by atoms with Gasteiger partial charge in [-0.3, -0.25) is 0 Å². The zero-order valence-corrected chi connectivity index (χ0v) is 11.6. The van der Waals surface area contributed by atoms with E-state index in [1.54, 1.807) is 18.3 Å². The molecule has 0 N–H and O–H groups in total. The molecular weight excluding hydrogens is 282 g/mol. The molecule has 9 heteroatoms. The minimum atomic E-state index is -3.28. The fourth-order valence-electron chi connectivity index (χ4n) is 2.28. The van der Waals surface area contributed by atoms with Gasteiger partial charge in [-0.2, -0.15) is 14.4 Å². The van der Waals surface area contributed by atoms with Crippen LogP contribution < -0.4 is 0 Å². The monoisotopic (exact) mass is 295 g/mol. The highest BCUT2D eigenvalue weighted by Gasteiger charge is 2.36. The quantitative estimate of drug-likeness (QED) is 0.818. The number of sulfonamides is 1. The van der Waals surface area contributed by atoms with Crippen molar-refractivity contribution in [2.75, 3.05) is 12.8 Å². The predicted molar refractivity (Wildman–Crippen MR) is 68.8 cm³/mol. The van der Waals surface area contributed by atoms with Crippen LogP contribution in [0.25, 0.3) is 11.5 Å². The summed E-state index contributed by atoms with van der Waals surface area (Å²) in [5.74, 6) is 0.613. The average Bonchev–Trinajstić information content (AvgIpc) is 3.08. The molecule has 0 amide bonds. The van der Waals surface area contributed by atoms with Gasteiger partial charge in [0, 0.05) is 12.7 Å². The Morgan fingerprint density at radius 2 is 2.30 bits per heavy atom. The van der Waals surface area contributed by atoms with Crippen molar-refractivity contribution in [3.63, 3.8) is 0 Å². The van der Waals surface area contributed by atoms with Gasteiger partial charge in [0.25, 0.3) is 0 Å². The van der Waals surface area contributed by atoms with Crippen LogP contribution in [0.15, 0.2) is 22.9 Å². The fourth-order valence-corrected chi connectivity index (χ4v) is 3.40. The summed E-state index contributed by atoms with van der Waals surface area (Å²) in [5, 5.41) is 11.5. The molecule has 0 aromatic carbocycles. The van der Waals surface area contributed by atoms with E-state index in [2.05, 4.69) is 20.3 Å². The Balaban J connectivity index is 1.91. The van der Waals surface area contributed by atoms with Gasteiger partial charge in [0.15, 0.2) is 0 Å². The summed E-state index contributed by atoms with van der Waals surface area (Å²) in [6.45, 7) is 0.479. The Kier molecular flexibility index (Phi) is 3.22. The molecule has 8 nitrogen and oxygen atoms in total. The first-order valence-electron chi connectivity index (χ1n) is 6.14. The normalized spacial score (nSPS) is 20.4. The molecule has 1 aliphatic heterocycles. The van der Waals surface area contributed by atoms with E-state index in [-0.39, 0.29) is 6.04 Å². The maximum atomic E-state index is 11.7. The van der Waals surface area contributed by atoms with E-state index in [1.165, 1.54) is 10.6 Å². The molecular formula is C11H13N5O3S. The van der Waals surface area contributed by atoms with Crippen LogP contribution in [0, 0.1) is 0 Å². The van der Waals surface area contributed by atoms with Crippen molar-refractivity contribution in [3.8, 4) is 11.5 Å². The molecule has 0 spiro atoms. The van der Waals surface area contributed by atoms with Crippen LogP contribution in [0.4, 0.5) is 0 Å². The van der Waals surface area contributed by atoms with Crippen LogP contribution >= 0.6 is 0 Å². The molecule has 0 aliphatic carbocycles. The first kappa shape index (κ1) is 13.1. The number of nitrogens with zero attached hydrogens (tertiary/aromatic N) is 5. The second kappa shape index (κ2) is 4.91. The lowest BCUT2D eigenvalue weighted by Crippen LogP contribution is -2.29. The van der Waals surface area contributed by atoms with Crippen molar-refractivity contribution < 1.29 is 12.9 Å². The number of aromatic nitrogens is 4. The predicted octanol–water partition coefficient (Wildman–Crippen LogP) is 0.623. The third-order valence-electron chi connectivity index (χ3n) is 3.16. The molecule has 0 bridgehead atoms. The molecule has 3 rings (SSSR count). The van der Waals surface area contributed by atoms with Gasteiger partial charge in [-0.15, -0.1) is 5.10 Å². The van der Waals surface area contributed by atoms with Crippen molar-refractivity contribution in [2.45, 2.75) is 18.9 Å². The Morgan fingerprint density at radius 3 is 3.00 bits per heavy atom. The lowest BCUT2D eigenvalue weighted by molar-refractivity contribution is 0.291. The summed E-state index contributed by atoms with van der Waals surface area (Å²) in [6, 6.07) is 3.05. The lowest BCUT2D eigenvalue weighted by Gasteiger charge is -2.18. The zero-order valence-electron chi connectivity index (χ0n) is 10.8. The Labute approximate surface area is 115 Å². The van der Waals surface area contributed by atoms with E-state index < -0.39 is 10.0 Å². The highest BCUT2D eigenvalue weighted by molar-refractivity contribution is 7.88. The number of hydrogen-bond donors (Lipinski definition) is 0. The van der Waals surface area contributed by atoms with Gasteiger partial charge in [0.2, 0.25) is 21.7 Å². The van der Waals surface area contributed by atoms with Crippen LogP contribution in [0.1, 0.15) is 24.8 Å². The summed E-state index contributed by atoms with van der Waals surface area (Å²) in [6.07, 6.45) is 4.19. The second-order valence-corrected chi connectivity index (χ2v) is 6.53. The van der Waals surface area contributed by atoms with Crippen LogP contribution in [-0.4, -0.2) is 45.9 Å². The van der Waals surface area contributed by atoms with Gasteiger partial charge in [0.05, 0.1) is 6.26 Å². The molecule has 1 saturated heterocycles. The van der Waals surface area contributed by atoms with Crippen molar-refractivity contribution in [1.82, 2.24) is 24.6 Å². The van der Waals surface area contributed by atoms with Crippen LogP contribution in [0.2, 0.25) is 0 Å². The highest BCUT2D eigenvalue weighted by atomic mass is 32.2. The largest absolute Gasteiger partial charge is 0.337 e. The van der Waals surface area contributed by atoms with Crippen LogP contribution in [-0.2, 0) is 10.0 Å². The SMILES string of the molecule is CS(=O)(=O)N1CCC[C@@H]1c1nc(-c2cccnn2)no1. The summed E-state index contributed by atoms with van der Waals surface area (Å²) in [5.41, 5.74) is 0.492. The van der Waals surface area contributed by atoms with Gasteiger partial charge in [-0.25, -0.2) is 8.42 Å². The summed E-state index contributed by atoms with van der Waals surface area (Å²) in [4.78, 5) is 4.24. The highest BCUT2D eigenvalue weighted by Crippen LogP contribution is 2.33. The molecule has 1 fully saturated rings. The van der Waals surface area contributed by atoms with Gasteiger partial charge in [-0.1, -0.05) is 5.16 Å². The van der Waals surface area contributed by atoms with Crippen molar-refractivity contribution >= 4 is 10.0 Å². The van der Waals surface area contributed by atoms with E-state index in [0.29, 0.717) is 30.4 Å². The first-order valence-corrected chi connectivity index (χ1v) is 7.99. The molecule has 2 aromatic heterocycles. The Bertz CT molecular complexity index is 700. The topological polar surface area (TPSA) is 102 Å². The molecule has 0 unspecified atom stereocenters. The van der Waals surface area contributed by atoms with E-state index in [0.717, 1.165) is 6.42 Å². The van der Waals surface area contributed by atoms with E-state index in [4.69, 9.17) is 4.52 Å². The van der Waals surface area contributed by atoms with E-state index in [1.807, 2.05) is 0 Å². The maximum absolute atomic E-state index is 11.7.